The predicted octanol–water partition coefficient (Wildman–Crippen LogP) is 2.95. The topological polar surface area (TPSA) is 129 Å². The van der Waals surface area contributed by atoms with Gasteiger partial charge in [-0.2, -0.15) is 5.10 Å². The fourth-order valence-corrected chi connectivity index (χ4v) is 4.31. The molecular weight excluding hydrogens is 450 g/mol. The third kappa shape index (κ3) is 4.82. The van der Waals surface area contributed by atoms with E-state index in [0.717, 1.165) is 10.7 Å². The summed E-state index contributed by atoms with van der Waals surface area (Å²) in [6.45, 7) is 2.12. The molecule has 32 heavy (non-hydrogen) atoms. The first kappa shape index (κ1) is 22.0. The van der Waals surface area contributed by atoms with Crippen LogP contribution in [0.25, 0.3) is 5.69 Å². The van der Waals surface area contributed by atoms with Gasteiger partial charge >= 0.3 is 6.03 Å². The van der Waals surface area contributed by atoms with E-state index in [9.17, 15) is 9.59 Å². The molecule has 0 unspecified atom stereocenters. The number of carbonyl (C=O) groups is 2. The van der Waals surface area contributed by atoms with E-state index >= 15 is 0 Å². The lowest BCUT2D eigenvalue weighted by atomic mass is 10.1. The van der Waals surface area contributed by atoms with Gasteiger partial charge in [-0.05, 0) is 61.9 Å². The average Bonchev–Trinajstić information content (AvgIpc) is 3.32. The van der Waals surface area contributed by atoms with Crippen LogP contribution in [0, 0.1) is 12.3 Å². The van der Waals surface area contributed by atoms with Crippen LogP contribution >= 0.6 is 22.9 Å². The van der Waals surface area contributed by atoms with E-state index in [1.165, 1.54) is 20.9 Å². The summed E-state index contributed by atoms with van der Waals surface area (Å²) in [7, 11) is 0. The minimum atomic E-state index is -0.688. The smallest absolute Gasteiger partial charge is 0.322 e. The molecule has 0 saturated carbocycles. The maximum Gasteiger partial charge on any atom is 0.322 e. The standard InChI is InChI=1S/C21H22ClN7O2S/c1-12-27-29(20(24)32-12)17-8-6-15(7-9-17)25-19(30)18-10-14(23)11-28(18)21(31)26-16-4-2-13(22)3-5-16/h2-9,14,18,24H,10-11,23H2,1H3,(H,25,30)(H,26,31)/t14-,18-/m1/s1. The Labute approximate surface area is 193 Å². The number of nitrogens with zero attached hydrogens (tertiary/aromatic N) is 3. The zero-order chi connectivity index (χ0) is 22.8. The third-order valence-corrected chi connectivity index (χ3v) is 6.04. The Morgan fingerprint density at radius 3 is 2.38 bits per heavy atom. The highest BCUT2D eigenvalue weighted by atomic mass is 35.5. The number of likely N-dealkylation sites (tertiary alicyclic amines) is 1. The number of aromatic nitrogens is 2. The van der Waals surface area contributed by atoms with E-state index < -0.39 is 12.1 Å². The summed E-state index contributed by atoms with van der Waals surface area (Å²) < 4.78 is 1.53. The van der Waals surface area contributed by atoms with Crippen LogP contribution in [0.15, 0.2) is 48.5 Å². The second kappa shape index (κ2) is 9.11. The molecule has 1 aliphatic heterocycles. The molecule has 0 aliphatic carbocycles. The third-order valence-electron chi connectivity index (χ3n) is 5.05. The first-order valence-corrected chi connectivity index (χ1v) is 11.1. The van der Waals surface area contributed by atoms with Crippen LogP contribution in [0.1, 0.15) is 11.4 Å². The van der Waals surface area contributed by atoms with Gasteiger partial charge in [0.15, 0.2) is 0 Å². The van der Waals surface area contributed by atoms with E-state index in [1.807, 2.05) is 6.92 Å². The van der Waals surface area contributed by atoms with Crippen LogP contribution < -0.4 is 21.2 Å². The van der Waals surface area contributed by atoms with Gasteiger partial charge in [0.25, 0.3) is 0 Å². The fraction of sp³-hybridized carbons (Fsp3) is 0.238. The van der Waals surface area contributed by atoms with E-state index in [-0.39, 0.29) is 18.5 Å². The van der Waals surface area contributed by atoms with Crippen LogP contribution in [0.3, 0.4) is 0 Å². The molecule has 1 aromatic heterocycles. The molecule has 2 heterocycles. The Hall–Kier alpha value is -3.21. The van der Waals surface area contributed by atoms with Crippen molar-refractivity contribution in [2.45, 2.75) is 25.4 Å². The van der Waals surface area contributed by atoms with Gasteiger partial charge in [0.05, 0.1) is 5.69 Å². The van der Waals surface area contributed by atoms with Crippen molar-refractivity contribution in [2.75, 3.05) is 17.2 Å². The number of carbonyl (C=O) groups excluding carboxylic acids is 2. The van der Waals surface area contributed by atoms with Crippen molar-refractivity contribution in [3.05, 3.63) is 63.4 Å². The second-order valence-corrected chi connectivity index (χ2v) is 9.09. The summed E-state index contributed by atoms with van der Waals surface area (Å²) >= 11 is 7.17. The Morgan fingerprint density at radius 2 is 1.75 bits per heavy atom. The van der Waals surface area contributed by atoms with Crippen molar-refractivity contribution in [3.8, 4) is 5.69 Å². The molecule has 0 spiro atoms. The average molecular weight is 472 g/mol. The molecule has 2 aromatic carbocycles. The lowest BCUT2D eigenvalue weighted by Gasteiger charge is -2.24. The minimum Gasteiger partial charge on any atom is -0.326 e. The summed E-state index contributed by atoms with van der Waals surface area (Å²) in [6.07, 6.45) is 0.369. The number of amides is 3. The van der Waals surface area contributed by atoms with Crippen LogP contribution in [0.2, 0.25) is 5.02 Å². The van der Waals surface area contributed by atoms with Crippen LogP contribution in [-0.2, 0) is 4.79 Å². The summed E-state index contributed by atoms with van der Waals surface area (Å²) in [6, 6.07) is 12.4. The Balaban J connectivity index is 1.44. The SMILES string of the molecule is Cc1nn(-c2ccc(NC(=O)[C@H]3C[C@@H](N)CN3C(=O)Nc3ccc(Cl)cc3)cc2)c(=N)s1. The van der Waals surface area contributed by atoms with Crippen molar-refractivity contribution in [2.24, 2.45) is 5.73 Å². The Morgan fingerprint density at radius 1 is 1.12 bits per heavy atom. The summed E-state index contributed by atoms with van der Waals surface area (Å²) in [5.41, 5.74) is 7.94. The van der Waals surface area contributed by atoms with Gasteiger partial charge in [0.1, 0.15) is 11.0 Å². The molecule has 3 aromatic rings. The van der Waals surface area contributed by atoms with Gasteiger partial charge in [0, 0.05) is 29.0 Å². The van der Waals surface area contributed by atoms with Crippen molar-refractivity contribution in [3.63, 3.8) is 0 Å². The highest BCUT2D eigenvalue weighted by Crippen LogP contribution is 2.22. The zero-order valence-corrected chi connectivity index (χ0v) is 18.8. The molecule has 0 radical (unpaired) electrons. The van der Waals surface area contributed by atoms with Crippen molar-refractivity contribution in [1.82, 2.24) is 14.7 Å². The van der Waals surface area contributed by atoms with Gasteiger partial charge < -0.3 is 21.3 Å². The van der Waals surface area contributed by atoms with Crippen LogP contribution in [0.5, 0.6) is 0 Å². The number of aryl methyl sites for hydroxylation is 1. The molecule has 11 heteroatoms. The minimum absolute atomic E-state index is 0.280. The number of halogens is 1. The lowest BCUT2D eigenvalue weighted by molar-refractivity contribution is -0.119. The maximum atomic E-state index is 12.9. The van der Waals surface area contributed by atoms with E-state index in [4.69, 9.17) is 22.7 Å². The van der Waals surface area contributed by atoms with Crippen molar-refractivity contribution < 1.29 is 9.59 Å². The number of urea groups is 1. The van der Waals surface area contributed by atoms with Gasteiger partial charge in [-0.15, -0.1) is 0 Å². The molecule has 0 bridgehead atoms. The number of anilines is 2. The first-order valence-electron chi connectivity index (χ1n) is 9.91. The monoisotopic (exact) mass is 471 g/mol. The molecule has 166 valence electrons. The van der Waals surface area contributed by atoms with Gasteiger partial charge in [-0.1, -0.05) is 22.9 Å². The van der Waals surface area contributed by atoms with Crippen LogP contribution in [0.4, 0.5) is 16.2 Å². The fourth-order valence-electron chi connectivity index (χ4n) is 3.55. The normalized spacial score (nSPS) is 17.9. The second-order valence-electron chi connectivity index (χ2n) is 7.48. The zero-order valence-electron chi connectivity index (χ0n) is 17.2. The molecule has 5 N–H and O–H groups in total. The number of nitrogens with two attached hydrogens (primary N) is 1. The molecular formula is C21H22ClN7O2S. The maximum absolute atomic E-state index is 12.9. The quantitative estimate of drug-likeness (QED) is 0.466. The number of nitrogens with one attached hydrogen (secondary N) is 3. The van der Waals surface area contributed by atoms with Crippen LogP contribution in [-0.4, -0.2) is 45.2 Å². The molecule has 1 aliphatic rings. The van der Waals surface area contributed by atoms with Gasteiger partial charge in [0.2, 0.25) is 10.7 Å². The highest BCUT2D eigenvalue weighted by molar-refractivity contribution is 7.08. The predicted molar refractivity (Wildman–Crippen MR) is 124 cm³/mol. The molecule has 1 fully saturated rings. The highest BCUT2D eigenvalue weighted by Gasteiger charge is 2.38. The first-order chi connectivity index (χ1) is 15.3. The van der Waals surface area contributed by atoms with E-state index in [1.54, 1.807) is 48.5 Å². The number of hydrogen-bond acceptors (Lipinski definition) is 6. The molecule has 9 nitrogen and oxygen atoms in total. The molecule has 2 atom stereocenters. The van der Waals surface area contributed by atoms with Crippen molar-refractivity contribution >= 4 is 46.3 Å². The van der Waals surface area contributed by atoms with Gasteiger partial charge in [-0.25, -0.2) is 9.48 Å². The Kier molecular flexibility index (Phi) is 6.26. The van der Waals surface area contributed by atoms with E-state index in [2.05, 4.69) is 15.7 Å². The molecule has 3 amide bonds. The number of hydrogen-bond donors (Lipinski definition) is 4. The molecule has 1 saturated heterocycles. The van der Waals surface area contributed by atoms with Gasteiger partial charge in [-0.3, -0.25) is 10.2 Å². The van der Waals surface area contributed by atoms with Crippen molar-refractivity contribution in [1.29, 1.82) is 5.41 Å². The van der Waals surface area contributed by atoms with E-state index in [0.29, 0.717) is 27.6 Å². The number of rotatable bonds is 4. The summed E-state index contributed by atoms with van der Waals surface area (Å²) in [5, 5.41) is 19.3. The lowest BCUT2D eigenvalue weighted by Crippen LogP contribution is -2.45. The summed E-state index contributed by atoms with van der Waals surface area (Å²) in [5.74, 6) is -0.310. The Bertz CT molecular complexity index is 1190. The largest absolute Gasteiger partial charge is 0.326 e. The number of benzene rings is 2. The summed E-state index contributed by atoms with van der Waals surface area (Å²) in [4.78, 5) is 27.5. The molecule has 4 rings (SSSR count).